The molecule has 1 heterocycles. The summed E-state index contributed by atoms with van der Waals surface area (Å²) in [4.78, 5) is 10.5. The van der Waals surface area contributed by atoms with Crippen LogP contribution in [-0.4, -0.2) is 50.7 Å². The van der Waals surface area contributed by atoms with Crippen molar-refractivity contribution in [3.05, 3.63) is 21.5 Å². The first kappa shape index (κ1) is 15.9. The van der Waals surface area contributed by atoms with Crippen LogP contribution in [0.5, 0.6) is 0 Å². The molecule has 1 atom stereocenters. The van der Waals surface area contributed by atoms with Crippen LogP contribution in [0.15, 0.2) is 0 Å². The lowest BCUT2D eigenvalue weighted by atomic mass is 10.1. The molecule has 1 unspecified atom stereocenters. The van der Waals surface area contributed by atoms with Crippen molar-refractivity contribution in [2.24, 2.45) is 5.41 Å². The first-order valence-electron chi connectivity index (χ1n) is 7.06. The van der Waals surface area contributed by atoms with E-state index in [0.29, 0.717) is 24.5 Å². The average molecular weight is 298 g/mol. The summed E-state index contributed by atoms with van der Waals surface area (Å²) in [6, 6.07) is 0. The molecule has 1 fully saturated rings. The number of aryl methyl sites for hydroxylation is 1. The zero-order chi connectivity index (χ0) is 15.6. The fourth-order valence-corrected chi connectivity index (χ4v) is 2.47. The van der Waals surface area contributed by atoms with Gasteiger partial charge in [0.05, 0.1) is 17.6 Å². The number of nitrogens with zero attached hydrogens (tertiary/aromatic N) is 3. The van der Waals surface area contributed by atoms with E-state index in [0.717, 1.165) is 12.8 Å². The highest BCUT2D eigenvalue weighted by Gasteiger charge is 2.41. The van der Waals surface area contributed by atoms with Crippen LogP contribution in [0.4, 0.5) is 5.69 Å². The predicted molar refractivity (Wildman–Crippen MR) is 76.0 cm³/mol. The summed E-state index contributed by atoms with van der Waals surface area (Å²) in [5.74, 6) is 0. The van der Waals surface area contributed by atoms with Crippen LogP contribution in [0.2, 0.25) is 0 Å². The van der Waals surface area contributed by atoms with Gasteiger partial charge in [0.2, 0.25) is 0 Å². The number of aliphatic hydroxyl groups is 2. The third-order valence-electron chi connectivity index (χ3n) is 4.08. The number of aliphatic hydroxyl groups excluding tert-OH is 2. The van der Waals surface area contributed by atoms with E-state index in [1.807, 2.05) is 0 Å². The molecule has 3 N–H and O–H groups in total. The van der Waals surface area contributed by atoms with Gasteiger partial charge in [0, 0.05) is 25.1 Å². The minimum atomic E-state index is -0.683. The van der Waals surface area contributed by atoms with Gasteiger partial charge < -0.3 is 15.5 Å². The zero-order valence-corrected chi connectivity index (χ0v) is 12.4. The molecular weight excluding hydrogens is 276 g/mol. The standard InChI is InChI=1S/C13H22N4O4/c1-9-12(17(20)21)10(2)16(15-9)6-11(19)5-14-7-13(8-18)3-4-13/h11,14,18-19H,3-8H2,1-2H3. The maximum Gasteiger partial charge on any atom is 0.312 e. The Morgan fingerprint density at radius 2 is 2.19 bits per heavy atom. The fourth-order valence-electron chi connectivity index (χ4n) is 2.47. The highest BCUT2D eigenvalue weighted by molar-refractivity contribution is 5.39. The Bertz CT molecular complexity index is 524. The maximum absolute atomic E-state index is 10.9. The van der Waals surface area contributed by atoms with Crippen LogP contribution in [0.1, 0.15) is 24.2 Å². The van der Waals surface area contributed by atoms with Gasteiger partial charge in [-0.15, -0.1) is 0 Å². The number of nitrogens with one attached hydrogen (secondary N) is 1. The van der Waals surface area contributed by atoms with Gasteiger partial charge in [-0.3, -0.25) is 14.8 Å². The topological polar surface area (TPSA) is 113 Å². The fraction of sp³-hybridized carbons (Fsp3) is 0.769. The van der Waals surface area contributed by atoms with Crippen molar-refractivity contribution < 1.29 is 15.1 Å². The van der Waals surface area contributed by atoms with Crippen molar-refractivity contribution in [1.82, 2.24) is 15.1 Å². The van der Waals surface area contributed by atoms with Crippen molar-refractivity contribution in [1.29, 1.82) is 0 Å². The van der Waals surface area contributed by atoms with Gasteiger partial charge >= 0.3 is 5.69 Å². The molecule has 21 heavy (non-hydrogen) atoms. The highest BCUT2D eigenvalue weighted by atomic mass is 16.6. The van der Waals surface area contributed by atoms with Crippen LogP contribution in [-0.2, 0) is 6.54 Å². The van der Waals surface area contributed by atoms with Gasteiger partial charge in [0.25, 0.3) is 0 Å². The average Bonchev–Trinajstić information content (AvgIpc) is 3.12. The minimum Gasteiger partial charge on any atom is -0.396 e. The minimum absolute atomic E-state index is 0.00326. The normalized spacial score (nSPS) is 17.7. The summed E-state index contributed by atoms with van der Waals surface area (Å²) in [5.41, 5.74) is 0.810. The summed E-state index contributed by atoms with van der Waals surface area (Å²) in [6.45, 7) is 4.64. The molecule has 8 nitrogen and oxygen atoms in total. The number of aromatic nitrogens is 2. The molecule has 1 aromatic rings. The Morgan fingerprint density at radius 3 is 2.67 bits per heavy atom. The van der Waals surface area contributed by atoms with Gasteiger partial charge in [-0.1, -0.05) is 0 Å². The number of hydrogen-bond acceptors (Lipinski definition) is 6. The van der Waals surface area contributed by atoms with Gasteiger partial charge in [0.1, 0.15) is 11.4 Å². The van der Waals surface area contributed by atoms with Crippen LogP contribution < -0.4 is 5.32 Å². The van der Waals surface area contributed by atoms with E-state index in [1.54, 1.807) is 13.8 Å². The third kappa shape index (κ3) is 3.58. The lowest BCUT2D eigenvalue weighted by Gasteiger charge is -2.16. The Hall–Kier alpha value is -1.51. The van der Waals surface area contributed by atoms with Crippen LogP contribution in [0.25, 0.3) is 0 Å². The molecule has 0 radical (unpaired) electrons. The molecule has 0 aliphatic heterocycles. The van der Waals surface area contributed by atoms with E-state index < -0.39 is 11.0 Å². The molecule has 118 valence electrons. The third-order valence-corrected chi connectivity index (χ3v) is 4.08. The van der Waals surface area contributed by atoms with Gasteiger partial charge in [-0.25, -0.2) is 0 Å². The maximum atomic E-state index is 10.9. The van der Waals surface area contributed by atoms with Crippen molar-refractivity contribution >= 4 is 5.69 Å². The van der Waals surface area contributed by atoms with E-state index in [2.05, 4.69) is 10.4 Å². The van der Waals surface area contributed by atoms with Crippen LogP contribution in [0, 0.1) is 29.4 Å². The van der Waals surface area contributed by atoms with Gasteiger partial charge in [-0.05, 0) is 26.7 Å². The van der Waals surface area contributed by atoms with Crippen molar-refractivity contribution in [2.45, 2.75) is 39.3 Å². The second-order valence-corrected chi connectivity index (χ2v) is 5.90. The summed E-state index contributed by atoms with van der Waals surface area (Å²) < 4.78 is 1.47. The molecule has 1 saturated carbocycles. The second-order valence-electron chi connectivity index (χ2n) is 5.90. The van der Waals surface area contributed by atoms with Gasteiger partial charge in [-0.2, -0.15) is 5.10 Å². The Labute approximate surface area is 122 Å². The summed E-state index contributed by atoms with van der Waals surface area (Å²) >= 11 is 0. The van der Waals surface area contributed by atoms with E-state index in [-0.39, 0.29) is 24.3 Å². The number of nitro groups is 1. The summed E-state index contributed by atoms with van der Waals surface area (Å²) in [5, 5.41) is 37.4. The van der Waals surface area contributed by atoms with E-state index in [9.17, 15) is 20.3 Å². The van der Waals surface area contributed by atoms with Crippen molar-refractivity contribution in [3.8, 4) is 0 Å². The van der Waals surface area contributed by atoms with E-state index in [1.165, 1.54) is 4.68 Å². The molecule has 0 saturated heterocycles. The quantitative estimate of drug-likeness (QED) is 0.464. The molecule has 1 aliphatic carbocycles. The molecule has 0 spiro atoms. The van der Waals surface area contributed by atoms with E-state index in [4.69, 9.17) is 0 Å². The zero-order valence-electron chi connectivity index (χ0n) is 12.4. The molecule has 0 aromatic carbocycles. The molecule has 0 amide bonds. The Kier molecular flexibility index (Phi) is 4.60. The predicted octanol–water partition coefficient (Wildman–Crippen LogP) is 0.131. The smallest absolute Gasteiger partial charge is 0.312 e. The van der Waals surface area contributed by atoms with Crippen LogP contribution >= 0.6 is 0 Å². The Balaban J connectivity index is 1.86. The second kappa shape index (κ2) is 6.08. The number of hydrogen-bond donors (Lipinski definition) is 3. The van der Waals surface area contributed by atoms with Gasteiger partial charge in [0.15, 0.2) is 0 Å². The van der Waals surface area contributed by atoms with E-state index >= 15 is 0 Å². The molecule has 2 rings (SSSR count). The summed E-state index contributed by atoms with van der Waals surface area (Å²) in [6.07, 6.45) is 1.34. The molecule has 0 bridgehead atoms. The monoisotopic (exact) mass is 298 g/mol. The first-order valence-corrected chi connectivity index (χ1v) is 7.06. The molecule has 8 heteroatoms. The lowest BCUT2D eigenvalue weighted by Crippen LogP contribution is -2.35. The number of rotatable bonds is 8. The lowest BCUT2D eigenvalue weighted by molar-refractivity contribution is -0.386. The highest BCUT2D eigenvalue weighted by Crippen LogP contribution is 2.44. The Morgan fingerprint density at radius 1 is 1.52 bits per heavy atom. The largest absolute Gasteiger partial charge is 0.396 e. The molecule has 1 aliphatic rings. The van der Waals surface area contributed by atoms with Crippen molar-refractivity contribution in [2.75, 3.05) is 19.7 Å². The first-order chi connectivity index (χ1) is 9.88. The van der Waals surface area contributed by atoms with Crippen LogP contribution in [0.3, 0.4) is 0 Å². The molecule has 1 aromatic heterocycles. The molecular formula is C13H22N4O4. The summed E-state index contributed by atoms with van der Waals surface area (Å²) in [7, 11) is 0. The SMILES string of the molecule is Cc1nn(CC(O)CNCC2(CO)CC2)c(C)c1[N+](=O)[O-]. The van der Waals surface area contributed by atoms with Crippen molar-refractivity contribution in [3.63, 3.8) is 0 Å².